The second-order valence-electron chi connectivity index (χ2n) is 8.81. The number of fused-ring (bicyclic) bond motifs is 3. The van der Waals surface area contributed by atoms with Crippen molar-refractivity contribution >= 4 is 5.91 Å². The minimum atomic E-state index is -0.203. The Balaban J connectivity index is 1.99. The Bertz CT molecular complexity index is 558. The zero-order valence-electron chi connectivity index (χ0n) is 15.5. The lowest BCUT2D eigenvalue weighted by Crippen LogP contribution is -2.55. The predicted molar refractivity (Wildman–Crippen MR) is 96.0 cm³/mol. The second kappa shape index (κ2) is 5.79. The molecule has 128 valence electrons. The topological polar surface area (TPSA) is 29.1 Å². The molecule has 0 heterocycles. The Hall–Kier alpha value is -1.05. The molecule has 3 rings (SSSR count). The van der Waals surface area contributed by atoms with Crippen molar-refractivity contribution in [3.05, 3.63) is 23.3 Å². The molecule has 0 aliphatic heterocycles. The van der Waals surface area contributed by atoms with Crippen LogP contribution in [-0.2, 0) is 4.79 Å². The minimum Gasteiger partial charge on any atom is -0.359 e. The van der Waals surface area contributed by atoms with Gasteiger partial charge in [0.2, 0.25) is 5.91 Å². The van der Waals surface area contributed by atoms with Crippen LogP contribution in [0.5, 0.6) is 0 Å². The van der Waals surface area contributed by atoms with Gasteiger partial charge in [-0.3, -0.25) is 4.79 Å². The van der Waals surface area contributed by atoms with E-state index in [0.717, 1.165) is 12.8 Å². The molecule has 0 bridgehead atoms. The number of nitrogens with one attached hydrogen (secondary N) is 1. The van der Waals surface area contributed by atoms with Gasteiger partial charge < -0.3 is 5.32 Å². The van der Waals surface area contributed by atoms with E-state index in [2.05, 4.69) is 45.2 Å². The molecule has 0 aromatic heterocycles. The summed E-state index contributed by atoms with van der Waals surface area (Å²) < 4.78 is 0. The monoisotopic (exact) mass is 315 g/mol. The van der Waals surface area contributed by atoms with Gasteiger partial charge in [-0.25, -0.2) is 0 Å². The van der Waals surface area contributed by atoms with Crippen LogP contribution < -0.4 is 5.32 Å². The quantitative estimate of drug-likeness (QED) is 0.774. The third-order valence-electron chi connectivity index (χ3n) is 7.33. The molecule has 3 aliphatic carbocycles. The van der Waals surface area contributed by atoms with E-state index in [1.54, 1.807) is 18.2 Å². The first-order chi connectivity index (χ1) is 10.8. The molecule has 2 heteroatoms. The van der Waals surface area contributed by atoms with Crippen molar-refractivity contribution in [2.75, 3.05) is 7.05 Å². The van der Waals surface area contributed by atoms with E-state index in [0.29, 0.717) is 17.8 Å². The molecule has 1 amide bonds. The van der Waals surface area contributed by atoms with Crippen molar-refractivity contribution < 1.29 is 4.79 Å². The van der Waals surface area contributed by atoms with Crippen molar-refractivity contribution in [2.45, 2.75) is 66.2 Å². The van der Waals surface area contributed by atoms with Crippen LogP contribution in [0.25, 0.3) is 0 Å². The lowest BCUT2D eigenvalue weighted by atomic mass is 9.46. The van der Waals surface area contributed by atoms with Crippen LogP contribution in [0.3, 0.4) is 0 Å². The molecule has 0 spiro atoms. The van der Waals surface area contributed by atoms with Crippen molar-refractivity contribution in [2.24, 2.45) is 28.6 Å². The maximum atomic E-state index is 12.6. The van der Waals surface area contributed by atoms with Gasteiger partial charge in [-0.1, -0.05) is 51.8 Å². The normalized spacial score (nSPS) is 39.9. The zero-order chi connectivity index (χ0) is 16.8. The number of hydrogen-bond acceptors (Lipinski definition) is 1. The molecular weight excluding hydrogens is 282 g/mol. The van der Waals surface area contributed by atoms with Crippen LogP contribution in [0.1, 0.15) is 66.2 Å². The van der Waals surface area contributed by atoms with Crippen LogP contribution in [0.4, 0.5) is 0 Å². The Morgan fingerprint density at radius 3 is 2.70 bits per heavy atom. The molecule has 0 aromatic rings. The van der Waals surface area contributed by atoms with Gasteiger partial charge in [-0.05, 0) is 60.8 Å². The Labute approximate surface area is 141 Å². The van der Waals surface area contributed by atoms with E-state index in [1.165, 1.54) is 25.7 Å². The average Bonchev–Trinajstić information content (AvgIpc) is 2.53. The number of carbonyl (C=O) groups is 1. The van der Waals surface area contributed by atoms with Crippen molar-refractivity contribution in [1.82, 2.24) is 5.32 Å². The van der Waals surface area contributed by atoms with E-state index >= 15 is 0 Å². The van der Waals surface area contributed by atoms with E-state index in [-0.39, 0.29) is 16.7 Å². The second-order valence-corrected chi connectivity index (χ2v) is 8.81. The fraction of sp³-hybridized carbons (Fsp3) is 0.762. The molecule has 0 aromatic carbocycles. The van der Waals surface area contributed by atoms with Gasteiger partial charge in [0, 0.05) is 12.5 Å². The van der Waals surface area contributed by atoms with Crippen LogP contribution in [0.2, 0.25) is 0 Å². The Kier molecular flexibility index (Phi) is 4.23. The lowest BCUT2D eigenvalue weighted by Gasteiger charge is -2.57. The number of hydrogen-bond donors (Lipinski definition) is 1. The number of amides is 1. The molecule has 0 saturated heterocycles. The molecule has 1 saturated carbocycles. The fourth-order valence-corrected chi connectivity index (χ4v) is 5.90. The molecule has 3 aliphatic rings. The SMILES string of the molecule is CNC(=O)C1(C)CCCC2(C)C3CCC(C(C)C)=CC3=CCC12. The van der Waals surface area contributed by atoms with Crippen LogP contribution in [0.15, 0.2) is 23.3 Å². The molecule has 1 N–H and O–H groups in total. The summed E-state index contributed by atoms with van der Waals surface area (Å²) in [5.41, 5.74) is 3.26. The first kappa shape index (κ1) is 16.8. The standard InChI is InChI=1S/C21H33NO/c1-14(2)15-7-9-17-16(13-15)8-10-18-20(17,3)11-6-12-21(18,4)19(23)22-5/h8,13-14,17-18H,6-7,9-12H2,1-5H3,(H,22,23). The summed E-state index contributed by atoms with van der Waals surface area (Å²) in [5, 5.41) is 2.95. The minimum absolute atomic E-state index is 0.203. The summed E-state index contributed by atoms with van der Waals surface area (Å²) in [6.07, 6.45) is 12.0. The average molecular weight is 316 g/mol. The maximum absolute atomic E-state index is 12.6. The molecule has 0 radical (unpaired) electrons. The summed E-state index contributed by atoms with van der Waals surface area (Å²) in [5.74, 6) is 2.03. The number of rotatable bonds is 2. The highest BCUT2D eigenvalue weighted by molar-refractivity contribution is 5.82. The predicted octanol–water partition coefficient (Wildman–Crippen LogP) is 4.87. The van der Waals surface area contributed by atoms with Gasteiger partial charge in [0.15, 0.2) is 0 Å². The number of allylic oxidation sites excluding steroid dienone is 4. The van der Waals surface area contributed by atoms with Crippen LogP contribution in [0, 0.1) is 28.6 Å². The summed E-state index contributed by atoms with van der Waals surface area (Å²) in [6, 6.07) is 0. The highest BCUT2D eigenvalue weighted by Crippen LogP contribution is 2.62. The number of carbonyl (C=O) groups excluding carboxylic acids is 1. The third kappa shape index (κ3) is 2.49. The van der Waals surface area contributed by atoms with Gasteiger partial charge >= 0.3 is 0 Å². The zero-order valence-corrected chi connectivity index (χ0v) is 15.5. The fourth-order valence-electron chi connectivity index (χ4n) is 5.90. The Morgan fingerprint density at radius 2 is 2.04 bits per heavy atom. The van der Waals surface area contributed by atoms with E-state index in [9.17, 15) is 4.79 Å². The summed E-state index contributed by atoms with van der Waals surface area (Å²) in [4.78, 5) is 12.6. The molecule has 4 atom stereocenters. The summed E-state index contributed by atoms with van der Waals surface area (Å²) in [7, 11) is 1.79. The van der Waals surface area contributed by atoms with Gasteiger partial charge in [-0.2, -0.15) is 0 Å². The Morgan fingerprint density at radius 1 is 1.30 bits per heavy atom. The molecular formula is C21H33NO. The highest BCUT2D eigenvalue weighted by Gasteiger charge is 2.56. The van der Waals surface area contributed by atoms with Crippen LogP contribution in [-0.4, -0.2) is 13.0 Å². The van der Waals surface area contributed by atoms with Gasteiger partial charge in [0.1, 0.15) is 0 Å². The maximum Gasteiger partial charge on any atom is 0.225 e. The highest BCUT2D eigenvalue weighted by atomic mass is 16.2. The van der Waals surface area contributed by atoms with Gasteiger partial charge in [-0.15, -0.1) is 0 Å². The first-order valence-electron chi connectivity index (χ1n) is 9.45. The third-order valence-corrected chi connectivity index (χ3v) is 7.33. The van der Waals surface area contributed by atoms with Crippen molar-refractivity contribution in [1.29, 1.82) is 0 Å². The molecule has 4 unspecified atom stereocenters. The van der Waals surface area contributed by atoms with Crippen molar-refractivity contribution in [3.63, 3.8) is 0 Å². The summed E-state index contributed by atoms with van der Waals surface area (Å²) >= 11 is 0. The molecule has 1 fully saturated rings. The summed E-state index contributed by atoms with van der Waals surface area (Å²) in [6.45, 7) is 9.31. The van der Waals surface area contributed by atoms with Crippen LogP contribution >= 0.6 is 0 Å². The van der Waals surface area contributed by atoms with E-state index in [4.69, 9.17) is 0 Å². The first-order valence-corrected chi connectivity index (χ1v) is 9.45. The largest absolute Gasteiger partial charge is 0.359 e. The molecule has 2 nitrogen and oxygen atoms in total. The van der Waals surface area contributed by atoms with E-state index in [1.807, 2.05) is 0 Å². The lowest BCUT2D eigenvalue weighted by molar-refractivity contribution is -0.143. The van der Waals surface area contributed by atoms with E-state index < -0.39 is 0 Å². The smallest absolute Gasteiger partial charge is 0.225 e. The molecule has 23 heavy (non-hydrogen) atoms. The van der Waals surface area contributed by atoms with Gasteiger partial charge in [0.25, 0.3) is 0 Å². The van der Waals surface area contributed by atoms with Gasteiger partial charge in [0.05, 0.1) is 0 Å². The van der Waals surface area contributed by atoms with Crippen molar-refractivity contribution in [3.8, 4) is 0 Å².